The Morgan fingerprint density at radius 3 is 2.66 bits per heavy atom. The number of methoxy groups -OCH3 is 1. The zero-order chi connectivity index (χ0) is 30.1. The van der Waals surface area contributed by atoms with Crippen LogP contribution in [0.3, 0.4) is 0 Å². The molecule has 2 heterocycles. The standard InChI is InChI=1S/C35H39BrN2O5S/c1-40-28-11-9-24(10-12-28)21-44-31-15-26(38-42-20-22-5-3-2-4-6-22)14-30-35(31)16-27(18-39)37-17-25-13-29(41-19-23-7-8-23)33(36)34(43-30)32(25)35/h2-6,9-13,23,27,30-31,37,39H,7-8,14-21H2,1H3/b38-26+/t27-,30+,31+,35-/m0/s1. The lowest BCUT2D eigenvalue weighted by molar-refractivity contribution is 0.101. The highest BCUT2D eigenvalue weighted by molar-refractivity contribution is 9.10. The molecule has 0 unspecified atom stereocenters. The Balaban J connectivity index is 1.24. The number of halogens is 1. The molecule has 0 aromatic heterocycles. The van der Waals surface area contributed by atoms with Gasteiger partial charge in [0, 0.05) is 42.0 Å². The van der Waals surface area contributed by atoms with E-state index in [1.807, 2.05) is 42.1 Å². The molecule has 0 bridgehead atoms. The van der Waals surface area contributed by atoms with E-state index in [1.165, 1.54) is 29.5 Å². The van der Waals surface area contributed by atoms with Gasteiger partial charge in [0.05, 0.1) is 31.5 Å². The van der Waals surface area contributed by atoms with Gasteiger partial charge >= 0.3 is 0 Å². The van der Waals surface area contributed by atoms with E-state index in [0.29, 0.717) is 25.5 Å². The molecular weight excluding hydrogens is 640 g/mol. The minimum Gasteiger partial charge on any atom is -0.497 e. The lowest BCUT2D eigenvalue weighted by atomic mass is 9.64. The molecule has 2 saturated carbocycles. The molecule has 0 amide bonds. The number of benzene rings is 3. The van der Waals surface area contributed by atoms with E-state index in [1.54, 1.807) is 7.11 Å². The summed E-state index contributed by atoms with van der Waals surface area (Å²) in [6.45, 7) is 1.89. The van der Waals surface area contributed by atoms with Crippen molar-refractivity contribution >= 4 is 33.4 Å². The largest absolute Gasteiger partial charge is 0.497 e. The third-order valence-electron chi connectivity index (χ3n) is 9.42. The third-order valence-corrected chi connectivity index (χ3v) is 11.7. The summed E-state index contributed by atoms with van der Waals surface area (Å²) in [5, 5.41) is 19.0. The first-order valence-corrected chi connectivity index (χ1v) is 17.4. The lowest BCUT2D eigenvalue weighted by Crippen LogP contribution is -2.54. The van der Waals surface area contributed by atoms with Crippen molar-refractivity contribution < 1.29 is 24.2 Å². The van der Waals surface area contributed by atoms with Crippen LogP contribution in [0, 0.1) is 5.92 Å². The molecular formula is C35H39BrN2O5S. The molecule has 44 heavy (non-hydrogen) atoms. The molecule has 3 aromatic carbocycles. The summed E-state index contributed by atoms with van der Waals surface area (Å²) in [4.78, 5) is 5.92. The van der Waals surface area contributed by atoms with E-state index >= 15 is 0 Å². The van der Waals surface area contributed by atoms with Gasteiger partial charge in [0.15, 0.2) is 0 Å². The van der Waals surface area contributed by atoms with Crippen LogP contribution in [0.5, 0.6) is 17.2 Å². The van der Waals surface area contributed by atoms with Crippen LogP contribution >= 0.6 is 27.7 Å². The van der Waals surface area contributed by atoms with Gasteiger partial charge in [0.25, 0.3) is 0 Å². The van der Waals surface area contributed by atoms with Gasteiger partial charge in [0.1, 0.15) is 34.4 Å². The monoisotopic (exact) mass is 678 g/mol. The molecule has 4 aliphatic rings. The predicted molar refractivity (Wildman–Crippen MR) is 177 cm³/mol. The number of nitrogens with zero attached hydrogens (tertiary/aromatic N) is 1. The van der Waals surface area contributed by atoms with Crippen LogP contribution in [0.4, 0.5) is 0 Å². The van der Waals surface area contributed by atoms with Gasteiger partial charge in [-0.3, -0.25) is 0 Å². The van der Waals surface area contributed by atoms with Crippen LogP contribution in [0.2, 0.25) is 0 Å². The Hall–Kier alpha value is -2.72. The second-order valence-corrected chi connectivity index (χ2v) is 14.4. The van der Waals surface area contributed by atoms with E-state index in [0.717, 1.165) is 58.2 Å². The van der Waals surface area contributed by atoms with Crippen molar-refractivity contribution in [3.05, 3.63) is 87.4 Å². The number of aliphatic hydroxyl groups excluding tert-OH is 1. The first kappa shape index (κ1) is 30.0. The SMILES string of the molecule is COc1ccc(CS[C@@H]2C/C(=N/OCc3ccccc3)C[C@H]3Oc4c(Br)c(OCC5CC5)cc5c4[C@@]32C[C@@H](CO)NC5)cc1. The van der Waals surface area contributed by atoms with Crippen molar-refractivity contribution in [3.63, 3.8) is 0 Å². The number of rotatable bonds is 11. The second-order valence-electron chi connectivity index (χ2n) is 12.4. The maximum atomic E-state index is 10.5. The van der Waals surface area contributed by atoms with Gasteiger partial charge in [-0.25, -0.2) is 0 Å². The molecule has 2 aliphatic carbocycles. The molecule has 232 valence electrons. The van der Waals surface area contributed by atoms with Crippen LogP contribution in [0.1, 0.15) is 54.4 Å². The van der Waals surface area contributed by atoms with E-state index in [2.05, 4.69) is 51.6 Å². The average Bonchev–Trinajstić information content (AvgIpc) is 3.85. The number of aliphatic hydroxyl groups is 1. The molecule has 2 aliphatic heterocycles. The molecule has 3 aromatic rings. The molecule has 7 nitrogen and oxygen atoms in total. The van der Waals surface area contributed by atoms with Crippen LogP contribution in [0.15, 0.2) is 70.3 Å². The highest BCUT2D eigenvalue weighted by Crippen LogP contribution is 2.61. The van der Waals surface area contributed by atoms with Crippen molar-refractivity contribution in [2.24, 2.45) is 11.1 Å². The highest BCUT2D eigenvalue weighted by Gasteiger charge is 2.60. The van der Waals surface area contributed by atoms with Crippen LogP contribution < -0.4 is 19.5 Å². The topological polar surface area (TPSA) is 81.5 Å². The summed E-state index contributed by atoms with van der Waals surface area (Å²) in [5.41, 5.74) is 5.48. The number of thioether (sulfide) groups is 1. The summed E-state index contributed by atoms with van der Waals surface area (Å²) >= 11 is 5.85. The number of oxime groups is 1. The fourth-order valence-electron chi connectivity index (χ4n) is 6.91. The summed E-state index contributed by atoms with van der Waals surface area (Å²) in [7, 11) is 1.69. The van der Waals surface area contributed by atoms with E-state index in [9.17, 15) is 5.11 Å². The first-order valence-electron chi connectivity index (χ1n) is 15.5. The molecule has 4 atom stereocenters. The van der Waals surface area contributed by atoms with E-state index in [4.69, 9.17) is 24.2 Å². The molecule has 7 rings (SSSR count). The number of hydrogen-bond donors (Lipinski definition) is 2. The summed E-state index contributed by atoms with van der Waals surface area (Å²) in [6, 6.07) is 20.6. The van der Waals surface area contributed by atoms with E-state index < -0.39 is 0 Å². The Morgan fingerprint density at radius 1 is 1.09 bits per heavy atom. The van der Waals surface area contributed by atoms with Gasteiger partial charge in [-0.2, -0.15) is 11.8 Å². The first-order chi connectivity index (χ1) is 21.6. The summed E-state index contributed by atoms with van der Waals surface area (Å²) in [5.74, 6) is 4.07. The predicted octanol–water partition coefficient (Wildman–Crippen LogP) is 6.77. The maximum absolute atomic E-state index is 10.5. The number of hydrogen-bond acceptors (Lipinski definition) is 8. The normalized spacial score (nSPS) is 26.3. The molecule has 2 N–H and O–H groups in total. The van der Waals surface area contributed by atoms with Crippen LogP contribution in [0.25, 0.3) is 0 Å². The van der Waals surface area contributed by atoms with Crippen molar-refractivity contribution in [1.29, 1.82) is 0 Å². The molecule has 2 fully saturated rings. The maximum Gasteiger partial charge on any atom is 0.142 e. The molecule has 0 radical (unpaired) electrons. The zero-order valence-corrected chi connectivity index (χ0v) is 27.4. The van der Waals surface area contributed by atoms with Crippen LogP contribution in [-0.2, 0) is 29.2 Å². The number of ether oxygens (including phenoxy) is 3. The fourth-order valence-corrected chi connectivity index (χ4v) is 8.99. The van der Waals surface area contributed by atoms with Gasteiger partial charge in [-0.05, 0) is 76.0 Å². The Kier molecular flexibility index (Phi) is 8.82. The van der Waals surface area contributed by atoms with E-state index in [-0.39, 0.29) is 29.4 Å². The van der Waals surface area contributed by atoms with Crippen molar-refractivity contribution in [1.82, 2.24) is 5.32 Å². The van der Waals surface area contributed by atoms with Crippen molar-refractivity contribution in [3.8, 4) is 17.2 Å². The van der Waals surface area contributed by atoms with Crippen molar-refractivity contribution in [2.45, 2.75) is 73.8 Å². The molecule has 9 heteroatoms. The minimum absolute atomic E-state index is 0.0500. The summed E-state index contributed by atoms with van der Waals surface area (Å²) in [6.07, 6.45) is 4.56. The zero-order valence-electron chi connectivity index (χ0n) is 25.0. The van der Waals surface area contributed by atoms with Crippen LogP contribution in [-0.4, -0.2) is 48.5 Å². The smallest absolute Gasteiger partial charge is 0.142 e. The van der Waals surface area contributed by atoms with Gasteiger partial charge < -0.3 is 29.5 Å². The Labute approximate surface area is 271 Å². The Bertz CT molecular complexity index is 1500. The van der Waals surface area contributed by atoms with Gasteiger partial charge in [0.2, 0.25) is 0 Å². The summed E-state index contributed by atoms with van der Waals surface area (Å²) < 4.78 is 19.6. The van der Waals surface area contributed by atoms with Gasteiger partial charge in [-0.15, -0.1) is 0 Å². The van der Waals surface area contributed by atoms with Gasteiger partial charge in [-0.1, -0.05) is 47.6 Å². The fraction of sp³-hybridized carbons (Fsp3) is 0.457. The Morgan fingerprint density at radius 2 is 1.91 bits per heavy atom. The number of nitrogens with one attached hydrogen (secondary N) is 1. The highest BCUT2D eigenvalue weighted by atomic mass is 79.9. The second kappa shape index (κ2) is 12.9. The average molecular weight is 680 g/mol. The molecule has 0 saturated heterocycles. The minimum atomic E-state index is -0.311. The molecule has 1 spiro atoms. The quantitative estimate of drug-likeness (QED) is 0.217. The lowest BCUT2D eigenvalue weighted by Gasteiger charge is -2.45. The van der Waals surface area contributed by atoms with Crippen molar-refractivity contribution in [2.75, 3.05) is 20.3 Å². The third kappa shape index (κ3) is 5.96.